The van der Waals surface area contributed by atoms with Gasteiger partial charge in [-0.1, -0.05) is 32.6 Å². The van der Waals surface area contributed by atoms with Crippen LogP contribution in [0, 0.1) is 5.92 Å². The fourth-order valence-corrected chi connectivity index (χ4v) is 4.08. The van der Waals surface area contributed by atoms with Crippen LogP contribution >= 0.6 is 0 Å². The van der Waals surface area contributed by atoms with Crippen LogP contribution < -0.4 is 5.32 Å². The molecule has 3 aliphatic rings. The van der Waals surface area contributed by atoms with Crippen molar-refractivity contribution in [2.24, 2.45) is 5.92 Å². The van der Waals surface area contributed by atoms with Gasteiger partial charge < -0.3 is 5.32 Å². The molecule has 1 saturated heterocycles. The number of nitrogens with zero attached hydrogens (tertiary/aromatic N) is 1. The summed E-state index contributed by atoms with van der Waals surface area (Å²) in [6, 6.07) is 0.801. The first kappa shape index (κ1) is 12.9. The molecule has 1 atom stereocenters. The Morgan fingerprint density at radius 3 is 2.67 bits per heavy atom. The predicted octanol–water partition coefficient (Wildman–Crippen LogP) is 3.17. The van der Waals surface area contributed by atoms with Gasteiger partial charge in [0.05, 0.1) is 0 Å². The van der Waals surface area contributed by atoms with E-state index in [0.717, 1.165) is 12.0 Å². The van der Waals surface area contributed by atoms with Gasteiger partial charge in [0.25, 0.3) is 0 Å². The van der Waals surface area contributed by atoms with Gasteiger partial charge in [-0.15, -0.1) is 0 Å². The van der Waals surface area contributed by atoms with Gasteiger partial charge in [-0.3, -0.25) is 4.90 Å². The number of piperazine rings is 1. The van der Waals surface area contributed by atoms with E-state index in [-0.39, 0.29) is 0 Å². The largest absolute Gasteiger partial charge is 0.308 e. The Labute approximate surface area is 113 Å². The molecule has 3 fully saturated rings. The van der Waals surface area contributed by atoms with Crippen LogP contribution in [-0.2, 0) is 0 Å². The summed E-state index contributed by atoms with van der Waals surface area (Å²) in [4.78, 5) is 2.82. The minimum Gasteiger partial charge on any atom is -0.308 e. The van der Waals surface area contributed by atoms with Gasteiger partial charge in [-0.05, 0) is 44.6 Å². The molecule has 3 rings (SSSR count). The monoisotopic (exact) mass is 250 g/mol. The Morgan fingerprint density at radius 2 is 2.00 bits per heavy atom. The third-order valence-electron chi connectivity index (χ3n) is 5.52. The summed E-state index contributed by atoms with van der Waals surface area (Å²) in [5.41, 5.74) is 0.505. The van der Waals surface area contributed by atoms with E-state index in [1.807, 2.05) is 0 Å². The van der Waals surface area contributed by atoms with Gasteiger partial charge in [0.2, 0.25) is 0 Å². The Bertz CT molecular complexity index is 266. The van der Waals surface area contributed by atoms with Crippen LogP contribution in [0.25, 0.3) is 0 Å². The van der Waals surface area contributed by atoms with E-state index in [1.165, 1.54) is 77.4 Å². The number of hydrogen-bond acceptors (Lipinski definition) is 2. The minimum absolute atomic E-state index is 0.505. The van der Waals surface area contributed by atoms with Crippen molar-refractivity contribution in [3.63, 3.8) is 0 Å². The third kappa shape index (κ3) is 2.91. The lowest BCUT2D eigenvalue weighted by molar-refractivity contribution is 0.0764. The fourth-order valence-electron chi connectivity index (χ4n) is 4.08. The summed E-state index contributed by atoms with van der Waals surface area (Å²) in [6.45, 7) is 6.28. The molecule has 2 nitrogen and oxygen atoms in total. The molecule has 2 heteroatoms. The molecule has 0 aromatic rings. The Kier molecular flexibility index (Phi) is 3.95. The molecule has 1 aliphatic heterocycles. The van der Waals surface area contributed by atoms with Gasteiger partial charge in [0, 0.05) is 24.7 Å². The molecule has 1 heterocycles. The second kappa shape index (κ2) is 5.50. The lowest BCUT2D eigenvalue weighted by atomic mass is 9.91. The van der Waals surface area contributed by atoms with Crippen LogP contribution in [0.4, 0.5) is 0 Å². The summed E-state index contributed by atoms with van der Waals surface area (Å²) >= 11 is 0. The second-order valence-electron chi connectivity index (χ2n) is 6.99. The van der Waals surface area contributed by atoms with E-state index < -0.39 is 0 Å². The van der Waals surface area contributed by atoms with Crippen LogP contribution in [0.3, 0.4) is 0 Å². The van der Waals surface area contributed by atoms with Crippen molar-refractivity contribution in [1.29, 1.82) is 0 Å². The highest BCUT2D eigenvalue weighted by atomic mass is 15.3. The molecule has 0 aromatic heterocycles. The first-order valence-electron chi connectivity index (χ1n) is 8.30. The Morgan fingerprint density at radius 1 is 1.22 bits per heavy atom. The van der Waals surface area contributed by atoms with Gasteiger partial charge in [0.1, 0.15) is 0 Å². The average Bonchev–Trinajstić information content (AvgIpc) is 3.10. The number of rotatable bonds is 5. The summed E-state index contributed by atoms with van der Waals surface area (Å²) < 4.78 is 0. The predicted molar refractivity (Wildman–Crippen MR) is 76.8 cm³/mol. The van der Waals surface area contributed by atoms with E-state index in [9.17, 15) is 0 Å². The summed E-state index contributed by atoms with van der Waals surface area (Å²) in [5.74, 6) is 1.11. The molecule has 18 heavy (non-hydrogen) atoms. The van der Waals surface area contributed by atoms with Crippen LogP contribution in [0.2, 0.25) is 0 Å². The zero-order valence-electron chi connectivity index (χ0n) is 12.1. The SMILES string of the molecule is CCC1CNC2(CCCC2)CN1CCCC1CC1. The molecule has 0 radical (unpaired) electrons. The number of nitrogens with one attached hydrogen (secondary N) is 1. The molecular weight excluding hydrogens is 220 g/mol. The molecule has 2 aliphatic carbocycles. The van der Waals surface area contributed by atoms with E-state index in [4.69, 9.17) is 0 Å². The molecule has 0 amide bonds. The second-order valence-corrected chi connectivity index (χ2v) is 6.99. The summed E-state index contributed by atoms with van der Waals surface area (Å²) in [5, 5.41) is 3.90. The first-order valence-corrected chi connectivity index (χ1v) is 8.30. The van der Waals surface area contributed by atoms with Crippen LogP contribution in [0.5, 0.6) is 0 Å². The number of hydrogen-bond donors (Lipinski definition) is 1. The molecular formula is C16H30N2. The highest BCUT2D eigenvalue weighted by Crippen LogP contribution is 2.35. The standard InChI is InChI=1S/C16H30N2/c1-2-15-12-17-16(9-3-4-10-16)13-18(15)11-5-6-14-7-8-14/h14-15,17H,2-13H2,1H3. The molecule has 104 valence electrons. The van der Waals surface area contributed by atoms with E-state index in [1.54, 1.807) is 0 Å². The highest BCUT2D eigenvalue weighted by molar-refractivity contribution is 5.00. The highest BCUT2D eigenvalue weighted by Gasteiger charge is 2.40. The van der Waals surface area contributed by atoms with Crippen molar-refractivity contribution < 1.29 is 0 Å². The molecule has 0 bridgehead atoms. The van der Waals surface area contributed by atoms with Gasteiger partial charge in [-0.2, -0.15) is 0 Å². The smallest absolute Gasteiger partial charge is 0.0309 e. The Balaban J connectivity index is 1.52. The average molecular weight is 250 g/mol. The zero-order chi connectivity index (χ0) is 12.4. The molecule has 1 N–H and O–H groups in total. The summed E-state index contributed by atoms with van der Waals surface area (Å²) in [7, 11) is 0. The van der Waals surface area contributed by atoms with Gasteiger partial charge in [-0.25, -0.2) is 0 Å². The maximum Gasteiger partial charge on any atom is 0.0309 e. The molecule has 0 aromatic carbocycles. The Hall–Kier alpha value is -0.0800. The van der Waals surface area contributed by atoms with E-state index >= 15 is 0 Å². The zero-order valence-corrected chi connectivity index (χ0v) is 12.1. The van der Waals surface area contributed by atoms with Gasteiger partial charge >= 0.3 is 0 Å². The normalized spacial score (nSPS) is 32.2. The first-order chi connectivity index (χ1) is 8.81. The van der Waals surface area contributed by atoms with Crippen molar-refractivity contribution in [3.8, 4) is 0 Å². The van der Waals surface area contributed by atoms with Crippen LogP contribution in [-0.4, -0.2) is 36.1 Å². The van der Waals surface area contributed by atoms with Crippen molar-refractivity contribution in [3.05, 3.63) is 0 Å². The lowest BCUT2D eigenvalue weighted by Gasteiger charge is -2.46. The van der Waals surface area contributed by atoms with Crippen molar-refractivity contribution in [1.82, 2.24) is 10.2 Å². The van der Waals surface area contributed by atoms with E-state index in [0.29, 0.717) is 5.54 Å². The molecule has 2 saturated carbocycles. The quantitative estimate of drug-likeness (QED) is 0.806. The van der Waals surface area contributed by atoms with Crippen molar-refractivity contribution >= 4 is 0 Å². The maximum absolute atomic E-state index is 3.90. The topological polar surface area (TPSA) is 15.3 Å². The molecule has 1 unspecified atom stereocenters. The summed E-state index contributed by atoms with van der Waals surface area (Å²) in [6.07, 6.45) is 13.0. The molecule has 1 spiro atoms. The van der Waals surface area contributed by atoms with E-state index in [2.05, 4.69) is 17.1 Å². The third-order valence-corrected chi connectivity index (χ3v) is 5.52. The van der Waals surface area contributed by atoms with Crippen molar-refractivity contribution in [2.75, 3.05) is 19.6 Å². The van der Waals surface area contributed by atoms with Crippen molar-refractivity contribution in [2.45, 2.75) is 76.3 Å². The van der Waals surface area contributed by atoms with Crippen LogP contribution in [0.1, 0.15) is 64.7 Å². The minimum atomic E-state index is 0.505. The van der Waals surface area contributed by atoms with Gasteiger partial charge in [0.15, 0.2) is 0 Å². The fraction of sp³-hybridized carbons (Fsp3) is 1.00. The van der Waals surface area contributed by atoms with Crippen LogP contribution in [0.15, 0.2) is 0 Å². The maximum atomic E-state index is 3.90. The lowest BCUT2D eigenvalue weighted by Crippen LogP contribution is -2.63.